The van der Waals surface area contributed by atoms with Crippen LogP contribution in [0.2, 0.25) is 0 Å². The van der Waals surface area contributed by atoms with Gasteiger partial charge in [-0.25, -0.2) is 4.68 Å². The van der Waals surface area contributed by atoms with Gasteiger partial charge < -0.3 is 10.1 Å². The predicted molar refractivity (Wildman–Crippen MR) is 108 cm³/mol. The lowest BCUT2D eigenvalue weighted by molar-refractivity contribution is -0.385. The van der Waals surface area contributed by atoms with Crippen LogP contribution in [0.15, 0.2) is 42.7 Å². The number of methoxy groups -OCH3 is 1. The maximum absolute atomic E-state index is 12.3. The summed E-state index contributed by atoms with van der Waals surface area (Å²) in [4.78, 5) is 22.9. The summed E-state index contributed by atoms with van der Waals surface area (Å²) in [6.07, 6.45) is 1.47. The average Bonchev–Trinajstić information content (AvgIpc) is 3.24. The van der Waals surface area contributed by atoms with Crippen LogP contribution in [0.1, 0.15) is 11.1 Å². The molecule has 0 unspecified atom stereocenters. The Morgan fingerprint density at radius 2 is 2.14 bits per heavy atom. The molecule has 1 amide bonds. The second-order valence-corrected chi connectivity index (χ2v) is 7.04. The summed E-state index contributed by atoms with van der Waals surface area (Å²) < 4.78 is 6.49. The van der Waals surface area contributed by atoms with Crippen LogP contribution in [0, 0.1) is 17.0 Å². The molecule has 0 aliphatic carbocycles. The number of rotatable bonds is 8. The van der Waals surface area contributed by atoms with Crippen molar-refractivity contribution in [3.05, 3.63) is 64.0 Å². The third kappa shape index (κ3) is 5.08. The molecule has 3 aromatic rings. The molecular weight excluding hydrogens is 396 g/mol. The highest BCUT2D eigenvalue weighted by molar-refractivity contribution is 7.99. The first-order chi connectivity index (χ1) is 14.0. The maximum atomic E-state index is 12.3. The maximum Gasteiger partial charge on any atom is 0.311 e. The Bertz CT molecular complexity index is 1030. The molecule has 0 radical (unpaired) electrons. The smallest absolute Gasteiger partial charge is 0.311 e. The van der Waals surface area contributed by atoms with Crippen molar-refractivity contribution in [3.8, 4) is 11.4 Å². The van der Waals surface area contributed by atoms with Crippen molar-refractivity contribution in [2.75, 3.05) is 18.2 Å². The van der Waals surface area contributed by atoms with Crippen molar-refractivity contribution in [2.45, 2.75) is 12.7 Å². The lowest BCUT2D eigenvalue weighted by Gasteiger charge is -2.10. The number of hydrogen-bond donors (Lipinski definition) is 1. The number of thioether (sulfide) groups is 1. The lowest BCUT2D eigenvalue weighted by Crippen LogP contribution is -2.15. The Labute approximate surface area is 170 Å². The second kappa shape index (κ2) is 9.15. The fraction of sp³-hybridized carbons (Fsp3) is 0.222. The number of nitro groups is 1. The highest BCUT2D eigenvalue weighted by Crippen LogP contribution is 2.29. The minimum Gasteiger partial charge on any atom is -0.490 e. The summed E-state index contributed by atoms with van der Waals surface area (Å²) in [6.45, 7) is 1.89. The number of aromatic nitrogens is 4. The van der Waals surface area contributed by atoms with E-state index in [0.717, 1.165) is 16.8 Å². The molecule has 0 saturated heterocycles. The average molecular weight is 414 g/mol. The molecule has 11 heteroatoms. The van der Waals surface area contributed by atoms with Crippen LogP contribution >= 0.6 is 11.8 Å². The van der Waals surface area contributed by atoms with E-state index in [4.69, 9.17) is 4.74 Å². The Kier molecular flexibility index (Phi) is 6.39. The van der Waals surface area contributed by atoms with Crippen LogP contribution in [0.3, 0.4) is 0 Å². The fourth-order valence-electron chi connectivity index (χ4n) is 2.58. The molecule has 0 fully saturated rings. The van der Waals surface area contributed by atoms with Gasteiger partial charge in [-0.3, -0.25) is 14.9 Å². The van der Waals surface area contributed by atoms with E-state index >= 15 is 0 Å². The van der Waals surface area contributed by atoms with Gasteiger partial charge in [0.15, 0.2) is 5.75 Å². The molecule has 0 bridgehead atoms. The van der Waals surface area contributed by atoms with Gasteiger partial charge in [-0.05, 0) is 46.7 Å². The van der Waals surface area contributed by atoms with E-state index in [-0.39, 0.29) is 23.1 Å². The van der Waals surface area contributed by atoms with Gasteiger partial charge in [-0.2, -0.15) is 0 Å². The van der Waals surface area contributed by atoms with E-state index in [0.29, 0.717) is 11.4 Å². The number of nitrogens with one attached hydrogen (secondary N) is 1. The Morgan fingerprint density at radius 3 is 2.83 bits per heavy atom. The number of aryl methyl sites for hydroxylation is 1. The number of carbonyl (C=O) groups is 1. The number of anilines is 1. The van der Waals surface area contributed by atoms with Crippen molar-refractivity contribution >= 4 is 29.0 Å². The van der Waals surface area contributed by atoms with Crippen LogP contribution in [-0.2, 0) is 10.5 Å². The third-order valence-electron chi connectivity index (χ3n) is 4.05. The highest BCUT2D eigenvalue weighted by Gasteiger charge is 2.15. The van der Waals surface area contributed by atoms with Gasteiger partial charge in [-0.1, -0.05) is 12.1 Å². The van der Waals surface area contributed by atoms with Gasteiger partial charge in [0.2, 0.25) is 5.91 Å². The SMILES string of the molecule is COc1ccc(CSCC(=O)Nc2cc(-n3cnnn3)ccc2C)cc1[N+](=O)[O-]. The van der Waals surface area contributed by atoms with Gasteiger partial charge in [0, 0.05) is 17.5 Å². The molecule has 3 rings (SSSR count). The molecule has 150 valence electrons. The lowest BCUT2D eigenvalue weighted by atomic mass is 10.2. The Hall–Kier alpha value is -3.47. The zero-order valence-corrected chi connectivity index (χ0v) is 16.5. The van der Waals surface area contributed by atoms with Crippen LogP contribution < -0.4 is 10.1 Å². The number of hydrogen-bond acceptors (Lipinski definition) is 8. The normalized spacial score (nSPS) is 10.6. The minimum atomic E-state index is -0.486. The quantitative estimate of drug-likeness (QED) is 0.441. The molecule has 0 atom stereocenters. The Balaban J connectivity index is 1.59. The topological polar surface area (TPSA) is 125 Å². The zero-order chi connectivity index (χ0) is 20.8. The van der Waals surface area contributed by atoms with Gasteiger partial charge in [-0.15, -0.1) is 16.9 Å². The van der Waals surface area contributed by atoms with E-state index in [2.05, 4.69) is 20.8 Å². The van der Waals surface area contributed by atoms with Crippen LogP contribution in [-0.4, -0.2) is 43.9 Å². The number of amides is 1. The molecule has 0 aliphatic rings. The summed E-state index contributed by atoms with van der Waals surface area (Å²) in [5.41, 5.74) is 2.96. The van der Waals surface area contributed by atoms with Crippen molar-refractivity contribution in [1.82, 2.24) is 20.2 Å². The van der Waals surface area contributed by atoms with Crippen LogP contribution in [0.5, 0.6) is 5.75 Å². The molecule has 0 saturated carbocycles. The molecule has 1 N–H and O–H groups in total. The molecule has 10 nitrogen and oxygen atoms in total. The summed E-state index contributed by atoms with van der Waals surface area (Å²) in [7, 11) is 1.39. The standard InChI is InChI=1S/C18H18N6O4S/c1-12-3-5-14(23-11-19-21-22-23)8-15(12)20-18(25)10-29-9-13-4-6-17(28-2)16(7-13)24(26)27/h3-8,11H,9-10H2,1-2H3,(H,20,25). The van der Waals surface area contributed by atoms with Gasteiger partial charge in [0.05, 0.1) is 23.5 Å². The van der Waals surface area contributed by atoms with Crippen molar-refractivity contribution in [3.63, 3.8) is 0 Å². The molecule has 1 aromatic heterocycles. The van der Waals surface area contributed by atoms with Gasteiger partial charge >= 0.3 is 5.69 Å². The van der Waals surface area contributed by atoms with Crippen molar-refractivity contribution in [1.29, 1.82) is 0 Å². The number of ether oxygens (including phenoxy) is 1. The molecule has 2 aromatic carbocycles. The number of carbonyl (C=O) groups excluding carboxylic acids is 1. The van der Waals surface area contributed by atoms with Crippen LogP contribution in [0.4, 0.5) is 11.4 Å². The van der Waals surface area contributed by atoms with E-state index in [9.17, 15) is 14.9 Å². The third-order valence-corrected chi connectivity index (χ3v) is 5.05. The first-order valence-electron chi connectivity index (χ1n) is 8.51. The summed E-state index contributed by atoms with van der Waals surface area (Å²) in [6, 6.07) is 10.3. The second-order valence-electron chi connectivity index (χ2n) is 6.06. The molecule has 29 heavy (non-hydrogen) atoms. The Morgan fingerprint density at radius 1 is 1.31 bits per heavy atom. The molecule has 1 heterocycles. The van der Waals surface area contributed by atoms with E-state index < -0.39 is 4.92 Å². The zero-order valence-electron chi connectivity index (χ0n) is 15.7. The number of tetrazole rings is 1. The van der Waals surface area contributed by atoms with E-state index in [1.807, 2.05) is 19.1 Å². The summed E-state index contributed by atoms with van der Waals surface area (Å²) in [5, 5.41) is 25.0. The predicted octanol–water partition coefficient (Wildman–Crippen LogP) is 2.76. The first kappa shape index (κ1) is 20.3. The number of benzene rings is 2. The molecule has 0 spiro atoms. The van der Waals surface area contributed by atoms with Crippen molar-refractivity contribution in [2.24, 2.45) is 0 Å². The van der Waals surface area contributed by atoms with Crippen LogP contribution in [0.25, 0.3) is 5.69 Å². The van der Waals surface area contributed by atoms with Gasteiger partial charge in [0.1, 0.15) is 6.33 Å². The highest BCUT2D eigenvalue weighted by atomic mass is 32.2. The molecule has 0 aliphatic heterocycles. The minimum absolute atomic E-state index is 0.0925. The largest absolute Gasteiger partial charge is 0.490 e. The van der Waals surface area contributed by atoms with Gasteiger partial charge in [0.25, 0.3) is 0 Å². The summed E-state index contributed by atoms with van der Waals surface area (Å²) >= 11 is 1.36. The monoisotopic (exact) mass is 414 g/mol. The van der Waals surface area contributed by atoms with E-state index in [1.54, 1.807) is 18.2 Å². The number of nitro benzene ring substituents is 1. The van der Waals surface area contributed by atoms with Crippen molar-refractivity contribution < 1.29 is 14.5 Å². The first-order valence-corrected chi connectivity index (χ1v) is 9.66. The summed E-state index contributed by atoms with van der Waals surface area (Å²) in [5.74, 6) is 0.699. The molecular formula is C18H18N6O4S. The van der Waals surface area contributed by atoms with E-state index in [1.165, 1.54) is 35.9 Å². The number of nitrogens with zero attached hydrogens (tertiary/aromatic N) is 5. The fourth-order valence-corrected chi connectivity index (χ4v) is 3.36.